The second-order valence-electron chi connectivity index (χ2n) is 19.8. The van der Waals surface area contributed by atoms with Gasteiger partial charge < -0.3 is 19.3 Å². The zero-order chi connectivity index (χ0) is 40.4. The van der Waals surface area contributed by atoms with Gasteiger partial charge in [0.05, 0.1) is 11.0 Å². The van der Waals surface area contributed by atoms with E-state index in [0.717, 1.165) is 73.8 Å². The molecule has 2 saturated heterocycles. The van der Waals surface area contributed by atoms with E-state index >= 15 is 0 Å². The van der Waals surface area contributed by atoms with Crippen molar-refractivity contribution >= 4 is 17.7 Å². The van der Waals surface area contributed by atoms with Crippen LogP contribution >= 0.6 is 0 Å². The van der Waals surface area contributed by atoms with E-state index < -0.39 is 17.1 Å². The summed E-state index contributed by atoms with van der Waals surface area (Å²) in [5.41, 5.74) is 3.26. The van der Waals surface area contributed by atoms with Gasteiger partial charge in [0.1, 0.15) is 5.75 Å². The third-order valence-electron chi connectivity index (χ3n) is 16.8. The van der Waals surface area contributed by atoms with Crippen LogP contribution in [0.3, 0.4) is 0 Å². The largest absolute Gasteiger partial charge is 0.477 e. The van der Waals surface area contributed by atoms with Crippen LogP contribution in [0.2, 0.25) is 0 Å². The van der Waals surface area contributed by atoms with Crippen molar-refractivity contribution in [2.45, 2.75) is 169 Å². The predicted molar refractivity (Wildman–Crippen MR) is 225 cm³/mol. The second-order valence-corrected chi connectivity index (χ2v) is 19.8. The highest BCUT2D eigenvalue weighted by atomic mass is 16.6. The number of aliphatic hydroxyl groups is 1. The lowest BCUT2D eigenvalue weighted by Gasteiger charge is -2.62. The SMILES string of the molecule is C=CCN1CC[C@]23c4c5ccc(OC(=O)CCCCCCCCC(=O)Oc6ccc7c(c6)[C@@]68CCCC[C@H]6[C@@H](C7)N(CC6CCC6)CC8)c4O[C@H]2C(=O)CC[C@@]3(O)[C@H]1C5. The number of fused-ring (bicyclic) bond motifs is 1. The van der Waals surface area contributed by atoms with Crippen molar-refractivity contribution in [3.05, 3.63) is 65.2 Å². The summed E-state index contributed by atoms with van der Waals surface area (Å²) in [5, 5.41) is 12.4. The molecule has 10 rings (SSSR count). The molecule has 0 aromatic heterocycles. The average Bonchev–Trinajstić information content (AvgIpc) is 3.58. The van der Waals surface area contributed by atoms with Crippen LogP contribution in [0.5, 0.6) is 17.2 Å². The zero-order valence-electron chi connectivity index (χ0n) is 35.0. The van der Waals surface area contributed by atoms with Crippen LogP contribution in [-0.2, 0) is 38.1 Å². The van der Waals surface area contributed by atoms with Crippen LogP contribution in [0.25, 0.3) is 0 Å². The molecular weight excluding hydrogens is 741 g/mol. The lowest BCUT2D eigenvalue weighted by Crippen LogP contribution is -2.76. The molecule has 316 valence electrons. The second kappa shape index (κ2) is 15.7. The van der Waals surface area contributed by atoms with E-state index in [4.69, 9.17) is 14.2 Å². The van der Waals surface area contributed by atoms with Crippen LogP contribution in [0.15, 0.2) is 43.0 Å². The number of unbranched alkanes of at least 4 members (excludes halogenated alkanes) is 5. The molecule has 5 aliphatic carbocycles. The number of carbonyl (C=O) groups excluding carboxylic acids is 3. The van der Waals surface area contributed by atoms with Crippen LogP contribution in [0.1, 0.15) is 144 Å². The minimum atomic E-state index is -1.09. The lowest BCUT2D eigenvalue weighted by molar-refractivity contribution is -0.187. The molecule has 3 heterocycles. The van der Waals surface area contributed by atoms with Crippen molar-refractivity contribution in [1.82, 2.24) is 9.80 Å². The summed E-state index contributed by atoms with van der Waals surface area (Å²) < 4.78 is 18.3. The molecule has 59 heavy (non-hydrogen) atoms. The third kappa shape index (κ3) is 6.54. The number of ketones is 1. The maximum Gasteiger partial charge on any atom is 0.311 e. The lowest BCUT2D eigenvalue weighted by atomic mass is 9.49. The number of carbonyl (C=O) groups is 3. The summed E-state index contributed by atoms with van der Waals surface area (Å²) in [4.78, 5) is 44.6. The van der Waals surface area contributed by atoms with Crippen LogP contribution < -0.4 is 14.2 Å². The molecular formula is C50H64N2O7. The first-order chi connectivity index (χ1) is 28.7. The maximum absolute atomic E-state index is 13.3. The summed E-state index contributed by atoms with van der Waals surface area (Å²) in [7, 11) is 0. The van der Waals surface area contributed by atoms with Gasteiger partial charge >= 0.3 is 11.9 Å². The quantitative estimate of drug-likeness (QED) is 0.0828. The Morgan fingerprint density at radius 3 is 2.39 bits per heavy atom. The van der Waals surface area contributed by atoms with Gasteiger partial charge in [0.15, 0.2) is 23.4 Å². The smallest absolute Gasteiger partial charge is 0.311 e. The number of hydrogen-bond donors (Lipinski definition) is 1. The standard InChI is InChI=1S/C50H64N2O7/c1-2-26-51-28-25-49-45-35-18-20-41(46(45)59-47(49)40(53)21-23-50(49,56)42(51)30-35)58-44(55)16-8-6-4-3-5-7-15-43(54)57-36-19-17-34-29-39-37-14-9-10-22-48(37,38(34)31-36)24-27-52(39)32-33-12-11-13-33/h2,17-20,31,33,37,39,42,47,56H,1,3-16,21-30,32H2/t37-,39+,42+,47-,48+,49-,50+/m0/s1. The molecule has 0 unspecified atom stereocenters. The predicted octanol–water partition coefficient (Wildman–Crippen LogP) is 8.09. The van der Waals surface area contributed by atoms with Gasteiger partial charge in [0.2, 0.25) is 0 Å². The highest BCUT2D eigenvalue weighted by molar-refractivity contribution is 5.90. The van der Waals surface area contributed by atoms with E-state index in [0.29, 0.717) is 62.6 Å². The number of Topliss-reactive ketones (excluding diaryl/α,β-unsaturated/α-hetero) is 1. The topological polar surface area (TPSA) is 106 Å². The number of nitrogens with zero attached hydrogens (tertiary/aromatic N) is 2. The maximum atomic E-state index is 13.3. The van der Waals surface area contributed by atoms with Gasteiger partial charge in [-0.15, -0.1) is 6.58 Å². The fraction of sp³-hybridized carbons (Fsp3) is 0.660. The molecule has 0 radical (unpaired) electrons. The Labute approximate surface area is 350 Å². The van der Waals surface area contributed by atoms with Gasteiger partial charge in [0, 0.05) is 62.0 Å². The van der Waals surface area contributed by atoms with Crippen molar-refractivity contribution in [2.75, 3.05) is 26.2 Å². The van der Waals surface area contributed by atoms with Gasteiger partial charge in [-0.2, -0.15) is 0 Å². The molecule has 5 fully saturated rings. The molecule has 3 saturated carbocycles. The molecule has 9 nitrogen and oxygen atoms in total. The molecule has 2 aromatic rings. The summed E-state index contributed by atoms with van der Waals surface area (Å²) in [6.07, 6.45) is 21.0. The van der Waals surface area contributed by atoms with Crippen molar-refractivity contribution < 1.29 is 33.7 Å². The minimum absolute atomic E-state index is 0.0162. The zero-order valence-corrected chi connectivity index (χ0v) is 35.0. The van der Waals surface area contributed by atoms with Crippen LogP contribution in [0.4, 0.5) is 0 Å². The van der Waals surface area contributed by atoms with Crippen LogP contribution in [0, 0.1) is 11.8 Å². The number of ether oxygens (including phenoxy) is 3. The fourth-order valence-electron chi connectivity index (χ4n) is 13.8. The number of likely N-dealkylation sites (tertiary alicyclic amines) is 2. The summed E-state index contributed by atoms with van der Waals surface area (Å²) in [6, 6.07) is 10.9. The summed E-state index contributed by atoms with van der Waals surface area (Å²) >= 11 is 0. The number of rotatable bonds is 15. The highest BCUT2D eigenvalue weighted by Crippen LogP contribution is 2.65. The Bertz CT molecular complexity index is 1990. The number of piperidine rings is 2. The molecule has 4 bridgehead atoms. The fourth-order valence-corrected chi connectivity index (χ4v) is 13.8. The normalized spacial score (nSPS) is 32.9. The molecule has 7 atom stereocenters. The van der Waals surface area contributed by atoms with Crippen molar-refractivity contribution in [3.8, 4) is 17.2 Å². The molecule has 1 N–H and O–H groups in total. The molecule has 2 aromatic carbocycles. The van der Waals surface area contributed by atoms with Crippen LogP contribution in [-0.4, -0.2) is 82.6 Å². The number of esters is 2. The van der Waals surface area contributed by atoms with Gasteiger partial charge in [-0.1, -0.05) is 63.2 Å². The minimum Gasteiger partial charge on any atom is -0.477 e. The Morgan fingerprint density at radius 1 is 0.847 bits per heavy atom. The Hall–Kier alpha value is -3.53. The van der Waals surface area contributed by atoms with E-state index in [1.807, 2.05) is 18.2 Å². The van der Waals surface area contributed by atoms with E-state index in [1.54, 1.807) is 6.07 Å². The molecule has 3 aliphatic heterocycles. The Morgan fingerprint density at radius 2 is 1.61 bits per heavy atom. The first kappa shape index (κ1) is 39.6. The molecule has 9 heteroatoms. The third-order valence-corrected chi connectivity index (χ3v) is 16.8. The summed E-state index contributed by atoms with van der Waals surface area (Å²) in [5.74, 6) is 2.74. The van der Waals surface area contributed by atoms with Gasteiger partial charge in [-0.3, -0.25) is 24.2 Å². The van der Waals surface area contributed by atoms with E-state index in [-0.39, 0.29) is 35.6 Å². The molecule has 0 amide bonds. The molecule has 1 spiro atoms. The van der Waals surface area contributed by atoms with E-state index in [2.05, 4.69) is 28.5 Å². The first-order valence-electron chi connectivity index (χ1n) is 23.5. The average molecular weight is 805 g/mol. The molecule has 8 aliphatic rings. The number of benzene rings is 2. The Kier molecular flexibility index (Phi) is 10.6. The van der Waals surface area contributed by atoms with Gasteiger partial charge in [-0.05, 0) is 124 Å². The van der Waals surface area contributed by atoms with E-state index in [1.165, 1.54) is 75.6 Å². The van der Waals surface area contributed by atoms with Crippen molar-refractivity contribution in [3.63, 3.8) is 0 Å². The number of hydrogen-bond acceptors (Lipinski definition) is 9. The highest BCUT2D eigenvalue weighted by Gasteiger charge is 2.73. The summed E-state index contributed by atoms with van der Waals surface area (Å²) in [6.45, 7) is 7.87. The first-order valence-corrected chi connectivity index (χ1v) is 23.5. The van der Waals surface area contributed by atoms with Crippen molar-refractivity contribution in [1.29, 1.82) is 0 Å². The monoisotopic (exact) mass is 804 g/mol. The van der Waals surface area contributed by atoms with Gasteiger partial charge in [0.25, 0.3) is 0 Å². The van der Waals surface area contributed by atoms with Crippen molar-refractivity contribution in [2.24, 2.45) is 11.8 Å². The van der Waals surface area contributed by atoms with Gasteiger partial charge in [-0.25, -0.2) is 0 Å². The Balaban J connectivity index is 0.677. The van der Waals surface area contributed by atoms with E-state index in [9.17, 15) is 19.5 Å².